The fourth-order valence-corrected chi connectivity index (χ4v) is 4.51. The van der Waals surface area contributed by atoms with Crippen LogP contribution in [0.1, 0.15) is 80.4 Å². The number of aromatic hydroxyl groups is 1. The first kappa shape index (κ1) is 25.8. The lowest BCUT2D eigenvalue weighted by atomic mass is 9.99. The average molecular weight is 465 g/mol. The number of ketones is 1. The highest BCUT2D eigenvalue weighted by atomic mass is 16.5. The second kappa shape index (κ2) is 12.1. The van der Waals surface area contributed by atoms with Crippen LogP contribution in [0.2, 0.25) is 0 Å². The molecular formula is C29H40N2O3. The van der Waals surface area contributed by atoms with E-state index < -0.39 is 0 Å². The van der Waals surface area contributed by atoms with Crippen LogP contribution in [0.25, 0.3) is 6.08 Å². The van der Waals surface area contributed by atoms with Crippen molar-refractivity contribution >= 4 is 17.5 Å². The molecule has 0 bridgehead atoms. The number of anilines is 1. The molecule has 0 fully saturated rings. The molecule has 0 atom stereocenters. The van der Waals surface area contributed by atoms with Crippen molar-refractivity contribution in [3.05, 3.63) is 58.3 Å². The Labute approximate surface area is 205 Å². The second-order valence-electron chi connectivity index (χ2n) is 9.08. The molecule has 0 saturated heterocycles. The van der Waals surface area contributed by atoms with Gasteiger partial charge in [0.05, 0.1) is 11.1 Å². The van der Waals surface area contributed by atoms with Crippen LogP contribution in [-0.2, 0) is 6.54 Å². The molecule has 5 heteroatoms. The normalized spacial score (nSPS) is 14.1. The summed E-state index contributed by atoms with van der Waals surface area (Å²) in [6.07, 6.45) is 6.26. The molecule has 0 aliphatic carbocycles. The number of hydrogen-bond acceptors (Lipinski definition) is 5. The fourth-order valence-electron chi connectivity index (χ4n) is 4.51. The highest BCUT2D eigenvalue weighted by Crippen LogP contribution is 2.42. The summed E-state index contributed by atoms with van der Waals surface area (Å²) in [6.45, 7) is 14.9. The van der Waals surface area contributed by atoms with E-state index in [0.717, 1.165) is 68.7 Å². The van der Waals surface area contributed by atoms with Gasteiger partial charge in [-0.15, -0.1) is 0 Å². The third kappa shape index (κ3) is 5.82. The molecule has 0 radical (unpaired) electrons. The summed E-state index contributed by atoms with van der Waals surface area (Å²) in [5.41, 5.74) is 4.11. The molecule has 2 aromatic rings. The van der Waals surface area contributed by atoms with Gasteiger partial charge in [-0.3, -0.25) is 9.69 Å². The quantitative estimate of drug-likeness (QED) is 0.360. The maximum Gasteiger partial charge on any atom is 0.232 e. The Bertz CT molecular complexity index is 999. The fraction of sp³-hybridized carbons (Fsp3) is 0.483. The van der Waals surface area contributed by atoms with Crippen molar-refractivity contribution in [2.45, 2.75) is 66.8 Å². The lowest BCUT2D eigenvalue weighted by Gasteiger charge is -2.23. The van der Waals surface area contributed by atoms with E-state index in [4.69, 9.17) is 4.74 Å². The highest BCUT2D eigenvalue weighted by Gasteiger charge is 2.33. The number of phenolic OH excluding ortho intramolecular Hbond substituents is 1. The monoisotopic (exact) mass is 464 g/mol. The zero-order valence-electron chi connectivity index (χ0n) is 21.5. The minimum Gasteiger partial charge on any atom is -0.507 e. The minimum atomic E-state index is -0.116. The minimum absolute atomic E-state index is 0.116. The zero-order chi connectivity index (χ0) is 24.7. The molecule has 3 rings (SSSR count). The SMILES string of the molecule is CCCCN(CCCC)Cc1c(O)cc(C)c2c1O/C(=C/c1ccc(N(CC)CC)cc1)C2=O. The van der Waals surface area contributed by atoms with E-state index in [-0.39, 0.29) is 11.5 Å². The first-order valence-corrected chi connectivity index (χ1v) is 12.8. The first-order chi connectivity index (χ1) is 16.4. The number of rotatable bonds is 12. The number of nitrogens with zero attached hydrogens (tertiary/aromatic N) is 2. The van der Waals surface area contributed by atoms with E-state index in [1.54, 1.807) is 12.1 Å². The summed E-state index contributed by atoms with van der Waals surface area (Å²) in [6, 6.07) is 9.89. The standard InChI is InChI=1S/C29H40N2O3/c1-6-10-16-30(17-11-7-2)20-24-25(32)18-21(5)27-28(33)26(34-29(24)27)19-22-12-14-23(15-13-22)31(8-3)9-4/h12-15,18-19,32H,6-11,16-17,20H2,1-5H3/b26-19+. The topological polar surface area (TPSA) is 53.0 Å². The summed E-state index contributed by atoms with van der Waals surface area (Å²) >= 11 is 0. The molecule has 0 spiro atoms. The number of carbonyl (C=O) groups excluding carboxylic acids is 1. The van der Waals surface area contributed by atoms with Gasteiger partial charge in [0.25, 0.3) is 0 Å². The average Bonchev–Trinajstić information content (AvgIpc) is 3.15. The number of hydrogen-bond donors (Lipinski definition) is 1. The molecule has 0 amide bonds. The Morgan fingerprint density at radius 1 is 0.971 bits per heavy atom. The van der Waals surface area contributed by atoms with Crippen LogP contribution in [-0.4, -0.2) is 42.0 Å². The van der Waals surface area contributed by atoms with Crippen LogP contribution in [0.15, 0.2) is 36.1 Å². The van der Waals surface area contributed by atoms with Gasteiger partial charge in [0.15, 0.2) is 5.76 Å². The van der Waals surface area contributed by atoms with E-state index in [1.807, 2.05) is 19.1 Å². The van der Waals surface area contributed by atoms with Gasteiger partial charge < -0.3 is 14.7 Å². The van der Waals surface area contributed by atoms with Gasteiger partial charge in [0.1, 0.15) is 11.5 Å². The van der Waals surface area contributed by atoms with Crippen molar-refractivity contribution in [3.63, 3.8) is 0 Å². The number of carbonyl (C=O) groups is 1. The van der Waals surface area contributed by atoms with Crippen LogP contribution in [0.4, 0.5) is 5.69 Å². The van der Waals surface area contributed by atoms with E-state index in [0.29, 0.717) is 29.2 Å². The van der Waals surface area contributed by atoms with E-state index in [1.165, 1.54) is 0 Å². The predicted molar refractivity (Wildman–Crippen MR) is 141 cm³/mol. The maximum atomic E-state index is 13.3. The van der Waals surface area contributed by atoms with Crippen LogP contribution in [0, 0.1) is 6.92 Å². The van der Waals surface area contributed by atoms with Gasteiger partial charge in [-0.05, 0) is 82.1 Å². The summed E-state index contributed by atoms with van der Waals surface area (Å²) in [5, 5.41) is 10.8. The predicted octanol–water partition coefficient (Wildman–Crippen LogP) is 6.57. The molecule has 1 aliphatic heterocycles. The Morgan fingerprint density at radius 2 is 1.59 bits per heavy atom. The van der Waals surface area contributed by atoms with Gasteiger partial charge >= 0.3 is 0 Å². The molecule has 1 heterocycles. The molecule has 1 N–H and O–H groups in total. The molecule has 5 nitrogen and oxygen atoms in total. The maximum absolute atomic E-state index is 13.3. The number of unbranched alkanes of at least 4 members (excludes halogenated alkanes) is 2. The van der Waals surface area contributed by atoms with Crippen molar-refractivity contribution in [1.29, 1.82) is 0 Å². The van der Waals surface area contributed by atoms with Crippen molar-refractivity contribution in [2.75, 3.05) is 31.1 Å². The zero-order valence-corrected chi connectivity index (χ0v) is 21.5. The molecule has 0 aromatic heterocycles. The van der Waals surface area contributed by atoms with Crippen molar-refractivity contribution in [3.8, 4) is 11.5 Å². The van der Waals surface area contributed by atoms with Crippen LogP contribution < -0.4 is 9.64 Å². The largest absolute Gasteiger partial charge is 0.507 e. The Balaban J connectivity index is 1.90. The van der Waals surface area contributed by atoms with E-state index >= 15 is 0 Å². The van der Waals surface area contributed by atoms with Crippen molar-refractivity contribution in [1.82, 2.24) is 4.90 Å². The number of fused-ring (bicyclic) bond motifs is 1. The van der Waals surface area contributed by atoms with Crippen LogP contribution >= 0.6 is 0 Å². The van der Waals surface area contributed by atoms with Crippen molar-refractivity contribution < 1.29 is 14.6 Å². The Morgan fingerprint density at radius 3 is 2.15 bits per heavy atom. The van der Waals surface area contributed by atoms with Gasteiger partial charge in [-0.1, -0.05) is 38.8 Å². The number of Topliss-reactive ketones (excluding diaryl/α,β-unsaturated/α-hetero) is 1. The molecular weight excluding hydrogens is 424 g/mol. The summed E-state index contributed by atoms with van der Waals surface area (Å²) in [4.78, 5) is 17.9. The van der Waals surface area contributed by atoms with E-state index in [2.05, 4.69) is 49.6 Å². The molecule has 0 saturated carbocycles. The third-order valence-corrected chi connectivity index (χ3v) is 6.58. The van der Waals surface area contributed by atoms with Crippen molar-refractivity contribution in [2.24, 2.45) is 0 Å². The molecule has 184 valence electrons. The molecule has 2 aromatic carbocycles. The number of phenols is 1. The lowest BCUT2D eigenvalue weighted by Crippen LogP contribution is -2.26. The highest BCUT2D eigenvalue weighted by molar-refractivity contribution is 6.15. The van der Waals surface area contributed by atoms with Gasteiger partial charge in [-0.25, -0.2) is 0 Å². The van der Waals surface area contributed by atoms with Crippen LogP contribution in [0.3, 0.4) is 0 Å². The van der Waals surface area contributed by atoms with Crippen LogP contribution in [0.5, 0.6) is 11.5 Å². The summed E-state index contributed by atoms with van der Waals surface area (Å²) < 4.78 is 6.16. The molecule has 1 aliphatic rings. The first-order valence-electron chi connectivity index (χ1n) is 12.8. The lowest BCUT2D eigenvalue weighted by molar-refractivity contribution is 0.101. The van der Waals surface area contributed by atoms with Gasteiger partial charge in [0.2, 0.25) is 5.78 Å². The third-order valence-electron chi connectivity index (χ3n) is 6.58. The number of aryl methyl sites for hydroxylation is 1. The number of allylic oxidation sites excluding steroid dienone is 1. The van der Waals surface area contributed by atoms with Gasteiger partial charge in [0, 0.05) is 25.3 Å². The Hall–Kier alpha value is -2.79. The number of ether oxygens (including phenoxy) is 1. The summed E-state index contributed by atoms with van der Waals surface area (Å²) in [7, 11) is 0. The molecule has 0 unspecified atom stereocenters. The Kier molecular flexibility index (Phi) is 9.17. The van der Waals surface area contributed by atoms with E-state index in [9.17, 15) is 9.90 Å². The summed E-state index contributed by atoms with van der Waals surface area (Å²) in [5.74, 6) is 0.919. The van der Waals surface area contributed by atoms with Gasteiger partial charge in [-0.2, -0.15) is 0 Å². The molecule has 34 heavy (non-hydrogen) atoms. The second-order valence-corrected chi connectivity index (χ2v) is 9.08. The smallest absolute Gasteiger partial charge is 0.232 e. The number of benzene rings is 2.